The Morgan fingerprint density at radius 1 is 1.42 bits per heavy atom. The predicted octanol–water partition coefficient (Wildman–Crippen LogP) is 1.31. The summed E-state index contributed by atoms with van der Waals surface area (Å²) in [4.78, 5) is 24.8. The first-order chi connectivity index (χ1) is 9.06. The van der Waals surface area contributed by atoms with Gasteiger partial charge >= 0.3 is 0 Å². The molecule has 1 unspecified atom stereocenters. The molecule has 0 aromatic heterocycles. The molecule has 0 aliphatic carbocycles. The summed E-state index contributed by atoms with van der Waals surface area (Å²) < 4.78 is 12.8. The van der Waals surface area contributed by atoms with E-state index in [1.54, 1.807) is 24.1 Å². The summed E-state index contributed by atoms with van der Waals surface area (Å²) >= 11 is 0. The van der Waals surface area contributed by atoms with E-state index in [0.29, 0.717) is 25.9 Å². The van der Waals surface area contributed by atoms with Gasteiger partial charge < -0.3 is 10.2 Å². The first kappa shape index (κ1) is 13.5. The van der Waals surface area contributed by atoms with E-state index in [9.17, 15) is 14.0 Å². The minimum Gasteiger partial charge on any atom is -0.355 e. The maximum Gasteiger partial charge on any atom is 0.227 e. The fourth-order valence-corrected chi connectivity index (χ4v) is 2.20. The van der Waals surface area contributed by atoms with Gasteiger partial charge in [0.25, 0.3) is 0 Å². The SMILES string of the molecule is CN(Cc1ccc(F)cc1)C(=O)C1CCC(=O)NC1. The third-order valence-electron chi connectivity index (χ3n) is 3.32. The number of carbonyl (C=O) groups excluding carboxylic acids is 2. The zero-order valence-electron chi connectivity index (χ0n) is 10.9. The third kappa shape index (κ3) is 3.53. The minimum atomic E-state index is -0.285. The van der Waals surface area contributed by atoms with Crippen LogP contribution >= 0.6 is 0 Å². The molecule has 102 valence electrons. The monoisotopic (exact) mass is 264 g/mol. The summed E-state index contributed by atoms with van der Waals surface area (Å²) in [5.41, 5.74) is 0.886. The number of hydrogen-bond acceptors (Lipinski definition) is 2. The minimum absolute atomic E-state index is 0.00485. The molecule has 0 bridgehead atoms. The summed E-state index contributed by atoms with van der Waals surface area (Å²) in [5, 5.41) is 2.70. The highest BCUT2D eigenvalue weighted by Gasteiger charge is 2.26. The average Bonchev–Trinajstić information content (AvgIpc) is 2.41. The van der Waals surface area contributed by atoms with Crippen molar-refractivity contribution in [2.24, 2.45) is 5.92 Å². The van der Waals surface area contributed by atoms with E-state index in [1.807, 2.05) is 0 Å². The van der Waals surface area contributed by atoms with Gasteiger partial charge in [0.1, 0.15) is 5.82 Å². The van der Waals surface area contributed by atoms with E-state index >= 15 is 0 Å². The summed E-state index contributed by atoms with van der Waals surface area (Å²) in [6, 6.07) is 6.10. The Morgan fingerprint density at radius 3 is 2.68 bits per heavy atom. The van der Waals surface area contributed by atoms with E-state index in [1.165, 1.54) is 12.1 Å². The Balaban J connectivity index is 1.92. The maximum atomic E-state index is 12.8. The summed E-state index contributed by atoms with van der Waals surface area (Å²) in [5.74, 6) is -0.412. The molecular weight excluding hydrogens is 247 g/mol. The topological polar surface area (TPSA) is 49.4 Å². The fourth-order valence-electron chi connectivity index (χ4n) is 2.20. The van der Waals surface area contributed by atoms with Crippen LogP contribution in [0.4, 0.5) is 4.39 Å². The molecule has 1 heterocycles. The second-order valence-electron chi connectivity index (χ2n) is 4.86. The molecule has 1 N–H and O–H groups in total. The molecule has 0 spiro atoms. The highest BCUT2D eigenvalue weighted by Crippen LogP contribution is 2.15. The van der Waals surface area contributed by atoms with Gasteiger partial charge in [-0.1, -0.05) is 12.1 Å². The van der Waals surface area contributed by atoms with Crippen LogP contribution in [0.15, 0.2) is 24.3 Å². The molecule has 2 amide bonds. The van der Waals surface area contributed by atoms with Gasteiger partial charge in [-0.05, 0) is 24.1 Å². The number of halogens is 1. The molecule has 1 aliphatic heterocycles. The van der Waals surface area contributed by atoms with Crippen molar-refractivity contribution >= 4 is 11.8 Å². The molecule has 0 radical (unpaired) electrons. The average molecular weight is 264 g/mol. The summed E-state index contributed by atoms with van der Waals surface area (Å²) in [6.45, 7) is 0.856. The van der Waals surface area contributed by atoms with Gasteiger partial charge in [-0.3, -0.25) is 9.59 Å². The lowest BCUT2D eigenvalue weighted by Crippen LogP contribution is -2.43. The van der Waals surface area contributed by atoms with Crippen LogP contribution in [0.1, 0.15) is 18.4 Å². The largest absolute Gasteiger partial charge is 0.355 e. The highest BCUT2D eigenvalue weighted by molar-refractivity contribution is 5.83. The molecule has 1 aromatic rings. The first-order valence-corrected chi connectivity index (χ1v) is 6.32. The van der Waals surface area contributed by atoms with Crippen LogP contribution in [0, 0.1) is 11.7 Å². The van der Waals surface area contributed by atoms with Crippen molar-refractivity contribution in [2.45, 2.75) is 19.4 Å². The molecule has 2 rings (SSSR count). The number of hydrogen-bond donors (Lipinski definition) is 1. The summed E-state index contributed by atoms with van der Waals surface area (Å²) in [7, 11) is 1.72. The van der Waals surface area contributed by atoms with Crippen LogP contribution in [-0.2, 0) is 16.1 Å². The third-order valence-corrected chi connectivity index (χ3v) is 3.32. The smallest absolute Gasteiger partial charge is 0.227 e. The number of benzene rings is 1. The molecule has 19 heavy (non-hydrogen) atoms. The molecule has 1 saturated heterocycles. The first-order valence-electron chi connectivity index (χ1n) is 6.32. The van der Waals surface area contributed by atoms with Crippen molar-refractivity contribution in [3.05, 3.63) is 35.6 Å². The van der Waals surface area contributed by atoms with Crippen LogP contribution < -0.4 is 5.32 Å². The van der Waals surface area contributed by atoms with Crippen molar-refractivity contribution in [1.29, 1.82) is 0 Å². The highest BCUT2D eigenvalue weighted by atomic mass is 19.1. The lowest BCUT2D eigenvalue weighted by atomic mass is 9.97. The lowest BCUT2D eigenvalue weighted by molar-refractivity contribution is -0.136. The van der Waals surface area contributed by atoms with Gasteiger partial charge in [0.2, 0.25) is 11.8 Å². The Labute approximate surface area is 111 Å². The predicted molar refractivity (Wildman–Crippen MR) is 68.6 cm³/mol. The van der Waals surface area contributed by atoms with E-state index < -0.39 is 0 Å². The number of rotatable bonds is 3. The Bertz CT molecular complexity index is 463. The van der Waals surface area contributed by atoms with Gasteiger partial charge in [0.05, 0.1) is 5.92 Å². The number of carbonyl (C=O) groups is 2. The normalized spacial score (nSPS) is 18.8. The molecule has 0 saturated carbocycles. The molecule has 1 atom stereocenters. The molecule has 1 aliphatic rings. The second kappa shape index (κ2) is 5.82. The van der Waals surface area contributed by atoms with Crippen LogP contribution in [-0.4, -0.2) is 30.3 Å². The molecule has 4 nitrogen and oxygen atoms in total. The van der Waals surface area contributed by atoms with Crippen LogP contribution in [0.25, 0.3) is 0 Å². The molecule has 5 heteroatoms. The number of nitrogens with one attached hydrogen (secondary N) is 1. The van der Waals surface area contributed by atoms with Crippen molar-refractivity contribution < 1.29 is 14.0 Å². The Morgan fingerprint density at radius 2 is 2.11 bits per heavy atom. The van der Waals surface area contributed by atoms with E-state index in [0.717, 1.165) is 5.56 Å². The van der Waals surface area contributed by atoms with Crippen molar-refractivity contribution in [1.82, 2.24) is 10.2 Å². The molecule has 1 aromatic carbocycles. The fraction of sp³-hybridized carbons (Fsp3) is 0.429. The molecule has 1 fully saturated rings. The lowest BCUT2D eigenvalue weighted by Gasteiger charge is -2.26. The zero-order chi connectivity index (χ0) is 13.8. The van der Waals surface area contributed by atoms with Crippen LogP contribution in [0.2, 0.25) is 0 Å². The van der Waals surface area contributed by atoms with E-state index in [-0.39, 0.29) is 23.5 Å². The van der Waals surface area contributed by atoms with E-state index in [2.05, 4.69) is 5.32 Å². The van der Waals surface area contributed by atoms with Gasteiger partial charge in [-0.15, -0.1) is 0 Å². The number of amides is 2. The standard InChI is InChI=1S/C14H17FN2O2/c1-17(9-10-2-5-12(15)6-3-10)14(19)11-4-7-13(18)16-8-11/h2-3,5-6,11H,4,7-9H2,1H3,(H,16,18). The van der Waals surface area contributed by atoms with E-state index in [4.69, 9.17) is 0 Å². The van der Waals surface area contributed by atoms with Crippen LogP contribution in [0.5, 0.6) is 0 Å². The van der Waals surface area contributed by atoms with Crippen LogP contribution in [0.3, 0.4) is 0 Å². The summed E-state index contributed by atoms with van der Waals surface area (Å²) in [6.07, 6.45) is 0.999. The number of nitrogens with zero attached hydrogens (tertiary/aromatic N) is 1. The van der Waals surface area contributed by atoms with Gasteiger partial charge in [0, 0.05) is 26.6 Å². The number of piperidine rings is 1. The van der Waals surface area contributed by atoms with Crippen molar-refractivity contribution in [3.63, 3.8) is 0 Å². The van der Waals surface area contributed by atoms with Crippen molar-refractivity contribution in [2.75, 3.05) is 13.6 Å². The van der Waals surface area contributed by atoms with Crippen molar-refractivity contribution in [3.8, 4) is 0 Å². The Hall–Kier alpha value is -1.91. The van der Waals surface area contributed by atoms with Gasteiger partial charge in [-0.25, -0.2) is 4.39 Å². The molecular formula is C14H17FN2O2. The zero-order valence-corrected chi connectivity index (χ0v) is 10.9. The quantitative estimate of drug-likeness (QED) is 0.895. The Kier molecular flexibility index (Phi) is 4.14. The van der Waals surface area contributed by atoms with Gasteiger partial charge in [-0.2, -0.15) is 0 Å². The van der Waals surface area contributed by atoms with Gasteiger partial charge in [0.15, 0.2) is 0 Å². The maximum absolute atomic E-state index is 12.8. The second-order valence-corrected chi connectivity index (χ2v) is 4.86.